The van der Waals surface area contributed by atoms with Crippen LogP contribution in [0.4, 0.5) is 11.4 Å². The number of fused-ring (bicyclic) bond motifs is 2. The maximum Gasteiger partial charge on any atom is 0.128 e. The number of rotatable bonds is 6. The Labute approximate surface area is 249 Å². The highest BCUT2D eigenvalue weighted by Gasteiger charge is 2.12. The van der Waals surface area contributed by atoms with Crippen LogP contribution in [0.1, 0.15) is 11.1 Å². The first kappa shape index (κ1) is 25.8. The predicted octanol–water partition coefficient (Wildman–Crippen LogP) is 9.15. The maximum absolute atomic E-state index is 10.6. The van der Waals surface area contributed by atoms with E-state index < -0.39 is 0 Å². The quantitative estimate of drug-likeness (QED) is 0.191. The third-order valence-electron chi connectivity index (χ3n) is 6.67. The molecule has 0 saturated carbocycles. The van der Waals surface area contributed by atoms with E-state index in [1.807, 2.05) is 97.1 Å². The van der Waals surface area contributed by atoms with Gasteiger partial charge in [0.25, 0.3) is 0 Å². The fourth-order valence-corrected chi connectivity index (χ4v) is 6.50. The number of hydrogen-bond acceptors (Lipinski definition) is 8. The molecule has 0 saturated heterocycles. The summed E-state index contributed by atoms with van der Waals surface area (Å²) in [5.41, 5.74) is 6.36. The van der Waals surface area contributed by atoms with Crippen LogP contribution in [0, 0.1) is 0 Å². The molecular formula is C34H22N4O2S2. The van der Waals surface area contributed by atoms with Gasteiger partial charge in [0.05, 0.1) is 42.9 Å². The van der Waals surface area contributed by atoms with Crippen molar-refractivity contribution >= 4 is 66.9 Å². The molecule has 0 amide bonds. The Morgan fingerprint density at radius 2 is 0.952 bits per heavy atom. The van der Waals surface area contributed by atoms with Crippen LogP contribution in [0.3, 0.4) is 0 Å². The minimum atomic E-state index is 0.148. The molecule has 7 aromatic rings. The minimum Gasteiger partial charge on any atom is -0.507 e. The molecule has 0 atom stereocenters. The van der Waals surface area contributed by atoms with E-state index in [9.17, 15) is 10.2 Å². The number of hydrogen-bond donors (Lipinski definition) is 2. The van der Waals surface area contributed by atoms with E-state index in [1.165, 1.54) is 0 Å². The molecule has 8 heteroatoms. The highest BCUT2D eigenvalue weighted by atomic mass is 32.1. The zero-order chi connectivity index (χ0) is 28.5. The Morgan fingerprint density at radius 1 is 0.524 bits per heavy atom. The van der Waals surface area contributed by atoms with Gasteiger partial charge < -0.3 is 10.2 Å². The Balaban J connectivity index is 1.02. The zero-order valence-electron chi connectivity index (χ0n) is 22.0. The molecule has 0 aliphatic carbocycles. The van der Waals surface area contributed by atoms with Gasteiger partial charge in [-0.2, -0.15) is 0 Å². The summed E-state index contributed by atoms with van der Waals surface area (Å²) in [5, 5.41) is 22.8. The topological polar surface area (TPSA) is 91.0 Å². The van der Waals surface area contributed by atoms with Crippen LogP contribution < -0.4 is 0 Å². The molecule has 2 heterocycles. The predicted molar refractivity (Wildman–Crippen MR) is 174 cm³/mol. The number of para-hydroxylation sites is 2. The van der Waals surface area contributed by atoms with Gasteiger partial charge in [0.15, 0.2) is 0 Å². The molecule has 202 valence electrons. The van der Waals surface area contributed by atoms with Crippen molar-refractivity contribution in [2.75, 3.05) is 0 Å². The molecule has 0 spiro atoms. The normalized spacial score (nSPS) is 11.8. The summed E-state index contributed by atoms with van der Waals surface area (Å²) in [6.45, 7) is 0. The van der Waals surface area contributed by atoms with E-state index in [0.29, 0.717) is 22.5 Å². The Morgan fingerprint density at radius 3 is 1.36 bits per heavy atom. The molecule has 7 rings (SSSR count). The van der Waals surface area contributed by atoms with Crippen molar-refractivity contribution in [3.8, 4) is 32.6 Å². The summed E-state index contributed by atoms with van der Waals surface area (Å²) >= 11 is 3.10. The second-order valence-corrected chi connectivity index (χ2v) is 11.6. The van der Waals surface area contributed by atoms with Crippen molar-refractivity contribution in [3.63, 3.8) is 0 Å². The van der Waals surface area contributed by atoms with Gasteiger partial charge in [0.1, 0.15) is 21.5 Å². The molecule has 2 aromatic heterocycles. The molecule has 0 aliphatic heterocycles. The summed E-state index contributed by atoms with van der Waals surface area (Å²) in [6.07, 6.45) is 3.51. The third kappa shape index (κ3) is 5.28. The van der Waals surface area contributed by atoms with Crippen molar-refractivity contribution in [1.82, 2.24) is 9.97 Å². The van der Waals surface area contributed by atoms with Gasteiger partial charge in [-0.3, -0.25) is 9.98 Å². The lowest BCUT2D eigenvalue weighted by atomic mass is 10.1. The highest BCUT2D eigenvalue weighted by Crippen LogP contribution is 2.38. The molecule has 0 bridgehead atoms. The lowest BCUT2D eigenvalue weighted by molar-refractivity contribution is 0.477. The van der Waals surface area contributed by atoms with Crippen molar-refractivity contribution < 1.29 is 10.2 Å². The molecule has 42 heavy (non-hydrogen) atoms. The average Bonchev–Trinajstić information content (AvgIpc) is 3.64. The molecule has 6 nitrogen and oxygen atoms in total. The van der Waals surface area contributed by atoms with Crippen LogP contribution in [0.2, 0.25) is 0 Å². The zero-order valence-corrected chi connectivity index (χ0v) is 23.7. The number of phenolic OH excluding ortho intramolecular Hbond substituents is 2. The van der Waals surface area contributed by atoms with Gasteiger partial charge in [-0.25, -0.2) is 9.97 Å². The summed E-state index contributed by atoms with van der Waals surface area (Å²) < 4.78 is 2.17. The van der Waals surface area contributed by atoms with E-state index in [2.05, 4.69) is 20.0 Å². The Bertz CT molecular complexity index is 1910. The first-order chi connectivity index (χ1) is 20.6. The fourth-order valence-electron chi connectivity index (χ4n) is 4.50. The van der Waals surface area contributed by atoms with Crippen LogP contribution in [0.15, 0.2) is 119 Å². The van der Waals surface area contributed by atoms with Gasteiger partial charge in [-0.15, -0.1) is 22.7 Å². The van der Waals surface area contributed by atoms with E-state index in [-0.39, 0.29) is 11.5 Å². The van der Waals surface area contributed by atoms with Gasteiger partial charge in [-0.05, 0) is 59.7 Å². The molecule has 2 N–H and O–H groups in total. The second-order valence-electron chi connectivity index (χ2n) is 9.56. The Kier molecular flexibility index (Phi) is 6.75. The molecule has 0 aliphatic rings. The monoisotopic (exact) mass is 582 g/mol. The van der Waals surface area contributed by atoms with Crippen LogP contribution in [-0.2, 0) is 0 Å². The first-order valence-corrected chi connectivity index (χ1v) is 14.8. The van der Waals surface area contributed by atoms with E-state index >= 15 is 0 Å². The fraction of sp³-hybridized carbons (Fsp3) is 0. The van der Waals surface area contributed by atoms with Crippen LogP contribution in [-0.4, -0.2) is 32.6 Å². The summed E-state index contributed by atoms with van der Waals surface area (Å²) in [7, 11) is 0. The Hall–Kier alpha value is -5.18. The number of thiazole rings is 2. The van der Waals surface area contributed by atoms with Gasteiger partial charge in [-0.1, -0.05) is 48.5 Å². The van der Waals surface area contributed by atoms with E-state index in [4.69, 9.17) is 0 Å². The minimum absolute atomic E-state index is 0.148. The number of aromatic nitrogens is 2. The second kappa shape index (κ2) is 11.0. The molecule has 0 fully saturated rings. The van der Waals surface area contributed by atoms with Gasteiger partial charge in [0, 0.05) is 24.6 Å². The highest BCUT2D eigenvalue weighted by molar-refractivity contribution is 7.22. The van der Waals surface area contributed by atoms with E-state index in [0.717, 1.165) is 41.6 Å². The number of aromatic hydroxyl groups is 2. The lowest BCUT2D eigenvalue weighted by Crippen LogP contribution is -1.85. The molecule has 0 unspecified atom stereocenters. The van der Waals surface area contributed by atoms with Crippen LogP contribution in [0.25, 0.3) is 41.6 Å². The molecule has 5 aromatic carbocycles. The summed E-state index contributed by atoms with van der Waals surface area (Å²) in [5.74, 6) is 0.295. The van der Waals surface area contributed by atoms with Crippen LogP contribution in [0.5, 0.6) is 11.5 Å². The van der Waals surface area contributed by atoms with Crippen molar-refractivity contribution in [2.45, 2.75) is 0 Å². The number of aliphatic imine (C=N–C) groups is 2. The molecule has 0 radical (unpaired) electrons. The third-order valence-corrected chi connectivity index (χ3v) is 8.81. The lowest BCUT2D eigenvalue weighted by Gasteiger charge is -2.03. The smallest absolute Gasteiger partial charge is 0.128 e. The van der Waals surface area contributed by atoms with Crippen LogP contribution >= 0.6 is 22.7 Å². The number of benzene rings is 5. The van der Waals surface area contributed by atoms with E-state index in [1.54, 1.807) is 47.2 Å². The van der Waals surface area contributed by atoms with Gasteiger partial charge >= 0.3 is 0 Å². The standard InChI is InChI=1S/C34H22N4O2S2/c39-29-17-23(13-15-25(29)33-37-27-5-1-3-7-31(27)41-33)35-19-21-9-11-22(12-10-21)20-36-24-14-16-26(30(40)18-24)34-38-28-6-2-4-8-32(28)42-34/h1-20,39-40H. The van der Waals surface area contributed by atoms with Crippen molar-refractivity contribution in [2.24, 2.45) is 9.98 Å². The first-order valence-electron chi connectivity index (χ1n) is 13.2. The largest absolute Gasteiger partial charge is 0.507 e. The number of nitrogens with zero attached hydrogens (tertiary/aromatic N) is 4. The average molecular weight is 583 g/mol. The summed E-state index contributed by atoms with van der Waals surface area (Å²) in [6, 6.07) is 34.4. The van der Waals surface area contributed by atoms with Crippen molar-refractivity contribution in [1.29, 1.82) is 0 Å². The SMILES string of the molecule is Oc1cc(N=Cc2ccc(C=Nc3ccc(-c4nc5ccccc5s4)c(O)c3)cc2)ccc1-c1nc2ccccc2s1. The van der Waals surface area contributed by atoms with Gasteiger partial charge in [0.2, 0.25) is 0 Å². The summed E-state index contributed by atoms with van der Waals surface area (Å²) in [4.78, 5) is 18.3. The molecular weight excluding hydrogens is 561 g/mol. The number of phenols is 2. The maximum atomic E-state index is 10.6. The van der Waals surface area contributed by atoms with Crippen molar-refractivity contribution in [3.05, 3.63) is 120 Å².